The molecule has 2 N–H and O–H groups in total. The van der Waals surface area contributed by atoms with Crippen molar-refractivity contribution in [3.8, 4) is 27.6 Å². The lowest BCUT2D eigenvalue weighted by Gasteiger charge is -1.93. The van der Waals surface area contributed by atoms with Gasteiger partial charge in [0, 0.05) is 17.4 Å². The number of nitrogen functional groups attached to an aromatic ring is 1. The number of ether oxygens (including phenoxy) is 1. The van der Waals surface area contributed by atoms with Gasteiger partial charge in [-0.05, 0) is 42.3 Å². The second-order valence-electron chi connectivity index (χ2n) is 4.45. The van der Waals surface area contributed by atoms with E-state index in [9.17, 15) is 0 Å². The van der Waals surface area contributed by atoms with Crippen molar-refractivity contribution in [3.05, 3.63) is 59.9 Å². The van der Waals surface area contributed by atoms with Crippen LogP contribution in [0.4, 0.5) is 5.69 Å². The summed E-state index contributed by atoms with van der Waals surface area (Å²) in [7, 11) is 1.62. The molecular weight excluding hydrogens is 294 g/mol. The third kappa shape index (κ3) is 3.08. The smallest absolute Gasteiger partial charge is 0.210 e. The first kappa shape index (κ1) is 14.1. The summed E-state index contributed by atoms with van der Waals surface area (Å²) >= 11 is 1.43. The number of anilines is 1. The Morgan fingerprint density at radius 2 is 1.91 bits per heavy atom. The van der Waals surface area contributed by atoms with E-state index in [1.54, 1.807) is 13.3 Å². The van der Waals surface area contributed by atoms with Gasteiger partial charge in [0.15, 0.2) is 5.69 Å². The number of aromatic nitrogens is 2. The van der Waals surface area contributed by atoms with Gasteiger partial charge in [0.1, 0.15) is 5.01 Å². The monoisotopic (exact) mass is 307 g/mol. The van der Waals surface area contributed by atoms with Crippen LogP contribution in [0, 0.1) is 11.8 Å². The van der Waals surface area contributed by atoms with Crippen molar-refractivity contribution in [1.82, 2.24) is 9.97 Å². The van der Waals surface area contributed by atoms with E-state index in [0.29, 0.717) is 16.4 Å². The minimum absolute atomic E-state index is 0.616. The largest absolute Gasteiger partial charge is 0.485 e. The normalized spacial score (nSPS) is 9.86. The van der Waals surface area contributed by atoms with Crippen molar-refractivity contribution < 1.29 is 4.74 Å². The zero-order valence-corrected chi connectivity index (χ0v) is 12.7. The molecule has 5 heteroatoms. The molecule has 0 unspecified atom stereocenters. The first-order valence-corrected chi connectivity index (χ1v) is 7.41. The molecule has 0 fully saturated rings. The van der Waals surface area contributed by atoms with Crippen molar-refractivity contribution in [2.75, 3.05) is 12.8 Å². The molecule has 0 aliphatic rings. The Labute approximate surface area is 132 Å². The van der Waals surface area contributed by atoms with E-state index >= 15 is 0 Å². The summed E-state index contributed by atoms with van der Waals surface area (Å²) in [6, 6.07) is 13.1. The van der Waals surface area contributed by atoms with Gasteiger partial charge >= 0.3 is 0 Å². The van der Waals surface area contributed by atoms with E-state index in [1.807, 2.05) is 42.5 Å². The second kappa shape index (κ2) is 6.29. The number of nitrogens with zero attached hydrogens (tertiary/aromatic N) is 2. The standard InChI is InChI=1S/C17H13N3OS/c1-21-17-15(10-7-12-5-8-13(18)9-6-12)20-16(22-17)14-4-2-3-11-19-14/h2-6,8-9,11H,18H2,1H3. The van der Waals surface area contributed by atoms with Gasteiger partial charge in [-0.2, -0.15) is 0 Å². The van der Waals surface area contributed by atoms with Crippen LogP contribution in [0.1, 0.15) is 11.3 Å². The molecule has 3 aromatic rings. The van der Waals surface area contributed by atoms with Gasteiger partial charge in [0.25, 0.3) is 0 Å². The van der Waals surface area contributed by atoms with Crippen molar-refractivity contribution >= 4 is 17.0 Å². The molecule has 108 valence electrons. The first-order valence-electron chi connectivity index (χ1n) is 6.60. The summed E-state index contributed by atoms with van der Waals surface area (Å²) in [6.07, 6.45) is 1.74. The SMILES string of the molecule is COc1sc(-c2ccccn2)nc1C#Cc1ccc(N)cc1. The number of rotatable bonds is 2. The Balaban J connectivity index is 1.94. The maximum atomic E-state index is 5.66. The third-order valence-electron chi connectivity index (χ3n) is 2.90. The lowest BCUT2D eigenvalue weighted by molar-refractivity contribution is 0.425. The Bertz CT molecular complexity index is 830. The summed E-state index contributed by atoms with van der Waals surface area (Å²) in [5.74, 6) is 6.11. The quantitative estimate of drug-likeness (QED) is 0.583. The van der Waals surface area contributed by atoms with Crippen LogP contribution in [0.15, 0.2) is 48.7 Å². The highest BCUT2D eigenvalue weighted by atomic mass is 32.1. The van der Waals surface area contributed by atoms with Gasteiger partial charge in [0.2, 0.25) is 5.06 Å². The molecule has 0 saturated carbocycles. The van der Waals surface area contributed by atoms with Gasteiger partial charge < -0.3 is 10.5 Å². The molecule has 1 aromatic carbocycles. The maximum Gasteiger partial charge on any atom is 0.210 e. The highest BCUT2D eigenvalue weighted by Gasteiger charge is 2.12. The van der Waals surface area contributed by atoms with Crippen LogP contribution in [0.3, 0.4) is 0 Å². The Kier molecular flexibility index (Phi) is 4.03. The topological polar surface area (TPSA) is 61.0 Å². The van der Waals surface area contributed by atoms with Crippen LogP contribution in [0.2, 0.25) is 0 Å². The molecule has 2 heterocycles. The Hall–Kier alpha value is -2.84. The van der Waals surface area contributed by atoms with Crippen LogP contribution in [0.5, 0.6) is 5.06 Å². The fourth-order valence-electron chi connectivity index (χ4n) is 1.82. The average Bonchev–Trinajstić information content (AvgIpc) is 2.98. The molecule has 0 atom stereocenters. The van der Waals surface area contributed by atoms with Gasteiger partial charge in [-0.1, -0.05) is 23.3 Å². The Morgan fingerprint density at radius 1 is 1.09 bits per heavy atom. The molecule has 0 saturated heterocycles. The zero-order valence-electron chi connectivity index (χ0n) is 11.9. The second-order valence-corrected chi connectivity index (χ2v) is 5.41. The molecule has 4 nitrogen and oxygen atoms in total. The number of hydrogen-bond acceptors (Lipinski definition) is 5. The van der Waals surface area contributed by atoms with E-state index in [2.05, 4.69) is 21.8 Å². The van der Waals surface area contributed by atoms with Gasteiger partial charge in [-0.3, -0.25) is 4.98 Å². The van der Waals surface area contributed by atoms with Crippen molar-refractivity contribution in [2.24, 2.45) is 0 Å². The van der Waals surface area contributed by atoms with Gasteiger partial charge in [-0.25, -0.2) is 4.98 Å². The van der Waals surface area contributed by atoms with Crippen LogP contribution in [0.25, 0.3) is 10.7 Å². The summed E-state index contributed by atoms with van der Waals surface area (Å²) < 4.78 is 5.36. The lowest BCUT2D eigenvalue weighted by atomic mass is 10.2. The van der Waals surface area contributed by atoms with Crippen molar-refractivity contribution in [2.45, 2.75) is 0 Å². The maximum absolute atomic E-state index is 5.66. The molecule has 0 aliphatic carbocycles. The number of hydrogen-bond donors (Lipinski definition) is 1. The van der Waals surface area contributed by atoms with E-state index in [0.717, 1.165) is 16.3 Å². The molecule has 0 aliphatic heterocycles. The number of thiazole rings is 1. The predicted molar refractivity (Wildman–Crippen MR) is 88.7 cm³/mol. The van der Waals surface area contributed by atoms with E-state index in [4.69, 9.17) is 10.5 Å². The number of benzene rings is 1. The van der Waals surface area contributed by atoms with Gasteiger partial charge in [0.05, 0.1) is 12.8 Å². The van der Waals surface area contributed by atoms with Crippen LogP contribution in [-0.4, -0.2) is 17.1 Å². The first-order chi connectivity index (χ1) is 10.8. The van der Waals surface area contributed by atoms with E-state index < -0.39 is 0 Å². The molecule has 2 aromatic heterocycles. The van der Waals surface area contributed by atoms with Crippen molar-refractivity contribution in [1.29, 1.82) is 0 Å². The summed E-state index contributed by atoms with van der Waals surface area (Å²) in [5.41, 5.74) is 8.68. The minimum atomic E-state index is 0.616. The Morgan fingerprint density at radius 3 is 2.59 bits per heavy atom. The molecule has 0 amide bonds. The van der Waals surface area contributed by atoms with Crippen molar-refractivity contribution in [3.63, 3.8) is 0 Å². The highest BCUT2D eigenvalue weighted by Crippen LogP contribution is 2.32. The molecule has 0 radical (unpaired) electrons. The summed E-state index contributed by atoms with van der Waals surface area (Å²) in [4.78, 5) is 8.81. The number of methoxy groups -OCH3 is 1. The number of pyridine rings is 1. The van der Waals surface area contributed by atoms with Crippen LogP contribution in [-0.2, 0) is 0 Å². The lowest BCUT2D eigenvalue weighted by Crippen LogP contribution is -1.85. The average molecular weight is 307 g/mol. The fourth-order valence-corrected chi connectivity index (χ4v) is 2.63. The fraction of sp³-hybridized carbons (Fsp3) is 0.0588. The van der Waals surface area contributed by atoms with Crippen LogP contribution >= 0.6 is 11.3 Å². The predicted octanol–water partition coefficient (Wildman–Crippen LogP) is 3.20. The summed E-state index contributed by atoms with van der Waals surface area (Å²) in [5, 5.41) is 1.47. The number of nitrogens with two attached hydrogens (primary N) is 1. The minimum Gasteiger partial charge on any atom is -0.485 e. The molecular formula is C17H13N3OS. The summed E-state index contributed by atoms with van der Waals surface area (Å²) in [6.45, 7) is 0. The van der Waals surface area contributed by atoms with E-state index in [-0.39, 0.29) is 0 Å². The molecule has 0 spiro atoms. The van der Waals surface area contributed by atoms with E-state index in [1.165, 1.54) is 11.3 Å². The molecule has 3 rings (SSSR count). The molecule has 22 heavy (non-hydrogen) atoms. The zero-order chi connectivity index (χ0) is 15.4. The van der Waals surface area contributed by atoms with Crippen LogP contribution < -0.4 is 10.5 Å². The third-order valence-corrected chi connectivity index (χ3v) is 3.94. The van der Waals surface area contributed by atoms with Gasteiger partial charge in [-0.15, -0.1) is 0 Å². The molecule has 0 bridgehead atoms. The highest BCUT2D eigenvalue weighted by molar-refractivity contribution is 7.17.